The Labute approximate surface area is 135 Å². The van der Waals surface area contributed by atoms with Gasteiger partial charge in [-0.3, -0.25) is 0 Å². The maximum absolute atomic E-state index is 14.2. The Hall–Kier alpha value is -1.38. The number of rotatable bonds is 2. The van der Waals surface area contributed by atoms with Crippen molar-refractivity contribution in [3.63, 3.8) is 0 Å². The highest BCUT2D eigenvalue weighted by Gasteiger charge is 2.52. The highest BCUT2D eigenvalue weighted by atomic mass is 32.2. The van der Waals surface area contributed by atoms with Crippen LogP contribution in [0.25, 0.3) is 10.9 Å². The number of aromatic nitrogens is 1. The van der Waals surface area contributed by atoms with Crippen LogP contribution in [-0.2, 0) is 19.3 Å². The van der Waals surface area contributed by atoms with Gasteiger partial charge in [0.1, 0.15) is 5.82 Å². The second-order valence-electron chi connectivity index (χ2n) is 6.87. The van der Waals surface area contributed by atoms with Gasteiger partial charge in [0.05, 0.1) is 23.0 Å². The summed E-state index contributed by atoms with van der Waals surface area (Å²) >= 11 is 0. The van der Waals surface area contributed by atoms with Crippen molar-refractivity contribution in [3.05, 3.63) is 30.2 Å². The maximum atomic E-state index is 14.2. The molecule has 0 saturated carbocycles. The Balaban J connectivity index is 2.23. The predicted octanol–water partition coefficient (Wildman–Crippen LogP) is 1.89. The van der Waals surface area contributed by atoms with Gasteiger partial charge in [-0.15, -0.1) is 0 Å². The lowest BCUT2D eigenvalue weighted by Crippen LogP contribution is -2.41. The Morgan fingerprint density at radius 2 is 1.70 bits per heavy atom. The molecule has 5 nitrogen and oxygen atoms in total. The SMILES string of the molecule is CC1(C)OB(c2cn(S(C)(=O)=O)c3c(F)cccc23)OC1(C)C. The molecule has 2 heterocycles. The summed E-state index contributed by atoms with van der Waals surface area (Å²) in [6.07, 6.45) is 2.41. The minimum absolute atomic E-state index is 0.0136. The van der Waals surface area contributed by atoms with Gasteiger partial charge < -0.3 is 9.31 Å². The highest BCUT2D eigenvalue weighted by Crippen LogP contribution is 2.37. The van der Waals surface area contributed by atoms with E-state index in [0.29, 0.717) is 10.8 Å². The third kappa shape index (κ3) is 2.49. The zero-order valence-electron chi connectivity index (χ0n) is 13.8. The quantitative estimate of drug-likeness (QED) is 0.784. The topological polar surface area (TPSA) is 57.5 Å². The third-order valence-corrected chi connectivity index (χ3v) is 5.64. The maximum Gasteiger partial charge on any atom is 0.497 e. The molecule has 0 aliphatic carbocycles. The first-order chi connectivity index (χ1) is 10.4. The van der Waals surface area contributed by atoms with E-state index < -0.39 is 34.2 Å². The molecule has 1 saturated heterocycles. The molecule has 8 heteroatoms. The molecule has 0 atom stereocenters. The molecular weight excluding hydrogens is 320 g/mol. The first-order valence-corrected chi connectivity index (χ1v) is 9.14. The molecule has 2 aromatic rings. The summed E-state index contributed by atoms with van der Waals surface area (Å²) in [6.45, 7) is 7.62. The van der Waals surface area contributed by atoms with Crippen molar-refractivity contribution >= 4 is 33.5 Å². The lowest BCUT2D eigenvalue weighted by atomic mass is 9.79. The molecule has 1 aliphatic rings. The van der Waals surface area contributed by atoms with E-state index in [2.05, 4.69) is 0 Å². The van der Waals surface area contributed by atoms with Gasteiger partial charge >= 0.3 is 7.12 Å². The number of fused-ring (bicyclic) bond motifs is 1. The van der Waals surface area contributed by atoms with Crippen LogP contribution in [0.15, 0.2) is 24.4 Å². The number of hydrogen-bond donors (Lipinski definition) is 0. The van der Waals surface area contributed by atoms with E-state index in [9.17, 15) is 12.8 Å². The van der Waals surface area contributed by atoms with Crippen LogP contribution in [0.3, 0.4) is 0 Å². The summed E-state index contributed by atoms with van der Waals surface area (Å²) in [7, 11) is -4.41. The van der Waals surface area contributed by atoms with Crippen molar-refractivity contribution in [2.24, 2.45) is 0 Å². The first-order valence-electron chi connectivity index (χ1n) is 7.30. The summed E-state index contributed by atoms with van der Waals surface area (Å²) in [5.74, 6) is -0.601. The Morgan fingerprint density at radius 3 is 2.22 bits per heavy atom. The predicted molar refractivity (Wildman–Crippen MR) is 87.9 cm³/mol. The average molecular weight is 339 g/mol. The summed E-state index contributed by atoms with van der Waals surface area (Å²) in [5, 5.41) is 0.467. The first kappa shape index (κ1) is 16.5. The van der Waals surface area contributed by atoms with Crippen LogP contribution in [0.5, 0.6) is 0 Å². The van der Waals surface area contributed by atoms with Crippen molar-refractivity contribution in [1.82, 2.24) is 3.97 Å². The van der Waals surface area contributed by atoms with Crippen LogP contribution in [-0.4, -0.2) is 37.0 Å². The molecule has 1 fully saturated rings. The van der Waals surface area contributed by atoms with E-state index in [-0.39, 0.29) is 5.52 Å². The van der Waals surface area contributed by atoms with Crippen molar-refractivity contribution in [2.75, 3.05) is 6.26 Å². The molecule has 1 aromatic heterocycles. The molecule has 0 bridgehead atoms. The second kappa shape index (κ2) is 4.81. The van der Waals surface area contributed by atoms with Crippen molar-refractivity contribution in [3.8, 4) is 0 Å². The number of halogens is 1. The molecule has 124 valence electrons. The van der Waals surface area contributed by atoms with E-state index in [4.69, 9.17) is 9.31 Å². The number of hydrogen-bond acceptors (Lipinski definition) is 4. The van der Waals surface area contributed by atoms with Crippen LogP contribution in [0.2, 0.25) is 0 Å². The van der Waals surface area contributed by atoms with Gasteiger partial charge in [0, 0.05) is 17.0 Å². The van der Waals surface area contributed by atoms with Gasteiger partial charge in [-0.05, 0) is 33.8 Å². The Bertz CT molecular complexity index is 872. The zero-order chi connectivity index (χ0) is 17.2. The fourth-order valence-electron chi connectivity index (χ4n) is 2.65. The van der Waals surface area contributed by atoms with Crippen LogP contribution in [0, 0.1) is 5.82 Å². The number of para-hydroxylation sites is 1. The van der Waals surface area contributed by atoms with Crippen molar-refractivity contribution < 1.29 is 22.1 Å². The summed E-state index contributed by atoms with van der Waals surface area (Å²) in [5.41, 5.74) is -0.613. The molecule has 0 unspecified atom stereocenters. The molecule has 1 aromatic carbocycles. The lowest BCUT2D eigenvalue weighted by Gasteiger charge is -2.32. The molecule has 1 aliphatic heterocycles. The third-order valence-electron chi connectivity index (χ3n) is 4.64. The van der Waals surface area contributed by atoms with Crippen molar-refractivity contribution in [1.29, 1.82) is 0 Å². The molecule has 0 spiro atoms. The van der Waals surface area contributed by atoms with E-state index in [0.717, 1.165) is 10.2 Å². The van der Waals surface area contributed by atoms with Crippen LogP contribution >= 0.6 is 0 Å². The standard InChI is InChI=1S/C15H19BFNO4S/c1-14(2)15(3,4)22-16(21-14)11-9-18(23(5,19)20)13-10(11)7-6-8-12(13)17/h6-9H,1-5H3. The lowest BCUT2D eigenvalue weighted by molar-refractivity contribution is 0.00578. The van der Waals surface area contributed by atoms with Gasteiger partial charge in [-0.2, -0.15) is 0 Å². The van der Waals surface area contributed by atoms with Gasteiger partial charge in [-0.1, -0.05) is 12.1 Å². The van der Waals surface area contributed by atoms with Gasteiger partial charge in [0.2, 0.25) is 10.0 Å². The molecule has 0 radical (unpaired) electrons. The van der Waals surface area contributed by atoms with E-state index in [1.165, 1.54) is 12.3 Å². The minimum atomic E-state index is -3.65. The smallest absolute Gasteiger partial charge is 0.399 e. The van der Waals surface area contributed by atoms with Crippen LogP contribution in [0.1, 0.15) is 27.7 Å². The Kier molecular flexibility index (Phi) is 3.45. The Morgan fingerprint density at radius 1 is 1.13 bits per heavy atom. The fraction of sp³-hybridized carbons (Fsp3) is 0.467. The monoisotopic (exact) mass is 339 g/mol. The van der Waals surface area contributed by atoms with E-state index in [1.807, 2.05) is 27.7 Å². The number of nitrogens with zero attached hydrogens (tertiary/aromatic N) is 1. The largest absolute Gasteiger partial charge is 0.497 e. The van der Waals surface area contributed by atoms with Crippen molar-refractivity contribution in [2.45, 2.75) is 38.9 Å². The van der Waals surface area contributed by atoms with Gasteiger partial charge in [0.25, 0.3) is 0 Å². The molecule has 0 amide bonds. The minimum Gasteiger partial charge on any atom is -0.399 e. The number of benzene rings is 1. The van der Waals surface area contributed by atoms with Gasteiger partial charge in [0.15, 0.2) is 0 Å². The summed E-state index contributed by atoms with van der Waals surface area (Å²) in [6, 6.07) is 4.44. The zero-order valence-corrected chi connectivity index (χ0v) is 14.6. The second-order valence-corrected chi connectivity index (χ2v) is 8.73. The normalized spacial score (nSPS) is 20.3. The average Bonchev–Trinajstić information content (AvgIpc) is 2.86. The van der Waals surface area contributed by atoms with Gasteiger partial charge in [-0.25, -0.2) is 16.8 Å². The molecular formula is C15H19BFNO4S. The summed E-state index contributed by atoms with van der Waals surface area (Å²) in [4.78, 5) is 0. The van der Waals surface area contributed by atoms with Crippen LogP contribution < -0.4 is 5.46 Å². The molecule has 0 N–H and O–H groups in total. The summed E-state index contributed by atoms with van der Waals surface area (Å²) < 4.78 is 51.1. The molecule has 23 heavy (non-hydrogen) atoms. The molecule has 3 rings (SSSR count). The van der Waals surface area contributed by atoms with E-state index >= 15 is 0 Å². The fourth-order valence-corrected chi connectivity index (χ4v) is 3.47. The van der Waals surface area contributed by atoms with E-state index in [1.54, 1.807) is 12.1 Å². The van der Waals surface area contributed by atoms with Crippen LogP contribution in [0.4, 0.5) is 4.39 Å². The highest BCUT2D eigenvalue weighted by molar-refractivity contribution is 7.89.